The van der Waals surface area contributed by atoms with E-state index in [9.17, 15) is 0 Å². The highest BCUT2D eigenvalue weighted by Gasteiger charge is 1.99. The van der Waals surface area contributed by atoms with Gasteiger partial charge in [-0.05, 0) is 51.5 Å². The van der Waals surface area contributed by atoms with Crippen LogP contribution >= 0.6 is 27.3 Å². The smallest absolute Gasteiger partial charge is 0.0701 e. The van der Waals surface area contributed by atoms with Crippen molar-refractivity contribution >= 4 is 27.3 Å². The number of pyridine rings is 1. The van der Waals surface area contributed by atoms with Crippen molar-refractivity contribution in [3.05, 3.63) is 50.4 Å². The molecule has 2 nitrogen and oxygen atoms in total. The van der Waals surface area contributed by atoms with E-state index in [1.165, 1.54) is 14.9 Å². The second kappa shape index (κ2) is 5.57. The molecule has 2 heterocycles. The first-order chi connectivity index (χ1) is 7.75. The number of thiophene rings is 1. The normalized spacial score (nSPS) is 10.6. The highest BCUT2D eigenvalue weighted by atomic mass is 79.9. The van der Waals surface area contributed by atoms with E-state index in [2.05, 4.69) is 43.7 Å². The lowest BCUT2D eigenvalue weighted by atomic mass is 10.2. The maximum absolute atomic E-state index is 4.26. The van der Waals surface area contributed by atoms with Gasteiger partial charge in [0.05, 0.1) is 3.79 Å². The van der Waals surface area contributed by atoms with Gasteiger partial charge in [-0.1, -0.05) is 6.07 Å². The summed E-state index contributed by atoms with van der Waals surface area (Å²) in [5.74, 6) is 0. The van der Waals surface area contributed by atoms with Crippen LogP contribution in [0, 0.1) is 6.92 Å². The van der Waals surface area contributed by atoms with Crippen LogP contribution in [0.1, 0.15) is 16.8 Å². The minimum atomic E-state index is 0.868. The van der Waals surface area contributed by atoms with Gasteiger partial charge >= 0.3 is 0 Å². The van der Waals surface area contributed by atoms with Gasteiger partial charge in [0, 0.05) is 25.0 Å². The van der Waals surface area contributed by atoms with Crippen LogP contribution in [0.3, 0.4) is 0 Å². The largest absolute Gasteiger partial charge is 0.309 e. The zero-order valence-corrected chi connectivity index (χ0v) is 11.4. The minimum absolute atomic E-state index is 0.868. The molecule has 84 valence electrons. The summed E-state index contributed by atoms with van der Waals surface area (Å²) >= 11 is 5.18. The Kier molecular flexibility index (Phi) is 4.09. The van der Waals surface area contributed by atoms with Gasteiger partial charge in [0.1, 0.15) is 0 Å². The second-order valence-corrected chi connectivity index (χ2v) is 5.90. The van der Waals surface area contributed by atoms with Gasteiger partial charge < -0.3 is 5.32 Å². The van der Waals surface area contributed by atoms with Crippen molar-refractivity contribution in [1.82, 2.24) is 10.3 Å². The van der Waals surface area contributed by atoms with Crippen LogP contribution < -0.4 is 5.32 Å². The van der Waals surface area contributed by atoms with Crippen LogP contribution in [0.5, 0.6) is 0 Å². The highest BCUT2D eigenvalue weighted by molar-refractivity contribution is 9.11. The molecular weight excluding hydrogens is 284 g/mol. The summed E-state index contributed by atoms with van der Waals surface area (Å²) in [7, 11) is 0. The number of aromatic nitrogens is 1. The zero-order chi connectivity index (χ0) is 11.4. The molecule has 0 aromatic carbocycles. The molecule has 0 aliphatic carbocycles. The molecule has 0 atom stereocenters. The van der Waals surface area contributed by atoms with E-state index < -0.39 is 0 Å². The SMILES string of the molecule is Cc1ncccc1CNCc1csc(Br)c1. The number of rotatable bonds is 4. The van der Waals surface area contributed by atoms with Crippen molar-refractivity contribution < 1.29 is 0 Å². The summed E-state index contributed by atoms with van der Waals surface area (Å²) in [6, 6.07) is 6.23. The highest BCUT2D eigenvalue weighted by Crippen LogP contribution is 2.20. The fourth-order valence-corrected chi connectivity index (χ4v) is 2.69. The molecule has 0 bridgehead atoms. The van der Waals surface area contributed by atoms with E-state index in [-0.39, 0.29) is 0 Å². The van der Waals surface area contributed by atoms with Gasteiger partial charge in [-0.3, -0.25) is 4.98 Å². The predicted molar refractivity (Wildman–Crippen MR) is 71.5 cm³/mol. The van der Waals surface area contributed by atoms with Crippen LogP contribution in [0.2, 0.25) is 0 Å². The van der Waals surface area contributed by atoms with E-state index in [1.54, 1.807) is 11.3 Å². The molecule has 0 unspecified atom stereocenters. The molecule has 0 amide bonds. The van der Waals surface area contributed by atoms with Crippen LogP contribution in [0.25, 0.3) is 0 Å². The van der Waals surface area contributed by atoms with E-state index >= 15 is 0 Å². The van der Waals surface area contributed by atoms with Crippen molar-refractivity contribution in [3.63, 3.8) is 0 Å². The first-order valence-electron chi connectivity index (χ1n) is 5.10. The van der Waals surface area contributed by atoms with E-state index in [0.717, 1.165) is 18.8 Å². The van der Waals surface area contributed by atoms with Crippen molar-refractivity contribution in [2.45, 2.75) is 20.0 Å². The van der Waals surface area contributed by atoms with Gasteiger partial charge in [-0.25, -0.2) is 0 Å². The molecule has 0 fully saturated rings. The monoisotopic (exact) mass is 296 g/mol. The molecular formula is C12H13BrN2S. The minimum Gasteiger partial charge on any atom is -0.309 e. The molecule has 0 saturated carbocycles. The Hall–Kier alpha value is -0.710. The van der Waals surface area contributed by atoms with Crippen molar-refractivity contribution in [1.29, 1.82) is 0 Å². The van der Waals surface area contributed by atoms with Crippen LogP contribution in [-0.2, 0) is 13.1 Å². The number of nitrogens with one attached hydrogen (secondary N) is 1. The first kappa shape index (κ1) is 11.8. The van der Waals surface area contributed by atoms with Crippen molar-refractivity contribution in [3.8, 4) is 0 Å². The van der Waals surface area contributed by atoms with Gasteiger partial charge in [0.2, 0.25) is 0 Å². The van der Waals surface area contributed by atoms with Crippen molar-refractivity contribution in [2.24, 2.45) is 0 Å². The molecule has 2 rings (SSSR count). The lowest BCUT2D eigenvalue weighted by Gasteiger charge is -2.05. The van der Waals surface area contributed by atoms with Gasteiger partial charge in [0.25, 0.3) is 0 Å². The molecule has 2 aromatic rings. The van der Waals surface area contributed by atoms with E-state index in [1.807, 2.05) is 19.2 Å². The Balaban J connectivity index is 1.87. The summed E-state index contributed by atoms with van der Waals surface area (Å²) in [5, 5.41) is 5.58. The fraction of sp³-hybridized carbons (Fsp3) is 0.250. The summed E-state index contributed by atoms with van der Waals surface area (Å²) in [5.41, 5.74) is 3.68. The van der Waals surface area contributed by atoms with Crippen LogP contribution in [0.15, 0.2) is 33.6 Å². The van der Waals surface area contributed by atoms with Crippen LogP contribution in [0.4, 0.5) is 0 Å². The number of hydrogen-bond acceptors (Lipinski definition) is 3. The quantitative estimate of drug-likeness (QED) is 0.934. The third-order valence-electron chi connectivity index (χ3n) is 2.38. The zero-order valence-electron chi connectivity index (χ0n) is 9.03. The third-order valence-corrected chi connectivity index (χ3v) is 3.94. The Morgan fingerprint density at radius 2 is 2.31 bits per heavy atom. The van der Waals surface area contributed by atoms with Gasteiger partial charge in [-0.15, -0.1) is 11.3 Å². The predicted octanol–water partition coefficient (Wildman–Crippen LogP) is 3.50. The van der Waals surface area contributed by atoms with Crippen LogP contribution in [-0.4, -0.2) is 4.98 Å². The molecule has 4 heteroatoms. The molecule has 0 saturated heterocycles. The average molecular weight is 297 g/mol. The van der Waals surface area contributed by atoms with Crippen molar-refractivity contribution in [2.75, 3.05) is 0 Å². The summed E-state index contributed by atoms with van der Waals surface area (Å²) < 4.78 is 1.18. The third kappa shape index (κ3) is 3.14. The Morgan fingerprint density at radius 3 is 3.00 bits per heavy atom. The summed E-state index contributed by atoms with van der Waals surface area (Å²) in [6.07, 6.45) is 1.83. The van der Waals surface area contributed by atoms with Gasteiger partial charge in [-0.2, -0.15) is 0 Å². The molecule has 16 heavy (non-hydrogen) atoms. The number of aryl methyl sites for hydroxylation is 1. The molecule has 0 spiro atoms. The van der Waals surface area contributed by atoms with E-state index in [0.29, 0.717) is 0 Å². The average Bonchev–Trinajstić information content (AvgIpc) is 2.67. The molecule has 1 N–H and O–H groups in total. The summed E-state index contributed by atoms with van der Waals surface area (Å²) in [4.78, 5) is 4.26. The Labute approximate surface area is 108 Å². The molecule has 0 radical (unpaired) electrons. The van der Waals surface area contributed by atoms with E-state index in [4.69, 9.17) is 0 Å². The topological polar surface area (TPSA) is 24.9 Å². The number of nitrogens with zero attached hydrogens (tertiary/aromatic N) is 1. The first-order valence-corrected chi connectivity index (χ1v) is 6.77. The lowest BCUT2D eigenvalue weighted by molar-refractivity contribution is 0.689. The Morgan fingerprint density at radius 1 is 1.44 bits per heavy atom. The number of hydrogen-bond donors (Lipinski definition) is 1. The lowest BCUT2D eigenvalue weighted by Crippen LogP contribution is -2.13. The van der Waals surface area contributed by atoms with Gasteiger partial charge in [0.15, 0.2) is 0 Å². The maximum atomic E-state index is 4.26. The standard InChI is InChI=1S/C12H13BrN2S/c1-9-11(3-2-4-15-9)7-14-6-10-5-12(13)16-8-10/h2-5,8,14H,6-7H2,1H3. The molecule has 2 aromatic heterocycles. The maximum Gasteiger partial charge on any atom is 0.0701 e. The number of halogens is 1. The molecule has 0 aliphatic heterocycles. The Bertz CT molecular complexity index is 468. The second-order valence-electron chi connectivity index (χ2n) is 3.61. The molecule has 0 aliphatic rings. The fourth-order valence-electron chi connectivity index (χ4n) is 1.48. The summed E-state index contributed by atoms with van der Waals surface area (Å²) in [6.45, 7) is 3.81.